The summed E-state index contributed by atoms with van der Waals surface area (Å²) in [5, 5.41) is 4.10. The van der Waals surface area contributed by atoms with Crippen molar-refractivity contribution in [3.63, 3.8) is 0 Å². The third-order valence-electron chi connectivity index (χ3n) is 4.18. The standard InChI is InChI=1S/C18H21N3O2/c1-20-13-14(12-19-20)5-10-18(22)21-11-3-4-17(21)15-6-8-16(23-2)9-7-15/h5-10,12-13,17H,3-4,11H2,1-2H3/b10-5+/t17-/m0/s1. The highest BCUT2D eigenvalue weighted by atomic mass is 16.5. The van der Waals surface area contributed by atoms with Crippen molar-refractivity contribution in [2.24, 2.45) is 7.05 Å². The van der Waals surface area contributed by atoms with E-state index in [0.29, 0.717) is 0 Å². The zero-order chi connectivity index (χ0) is 16.2. The fraction of sp³-hybridized carbons (Fsp3) is 0.333. The fourth-order valence-electron chi connectivity index (χ4n) is 2.99. The Balaban J connectivity index is 1.72. The molecule has 5 heteroatoms. The number of benzene rings is 1. The van der Waals surface area contributed by atoms with E-state index in [9.17, 15) is 4.79 Å². The second-order valence-corrected chi connectivity index (χ2v) is 5.74. The van der Waals surface area contributed by atoms with Gasteiger partial charge in [0, 0.05) is 31.4 Å². The van der Waals surface area contributed by atoms with Crippen LogP contribution in [0.1, 0.15) is 30.0 Å². The van der Waals surface area contributed by atoms with E-state index in [0.717, 1.165) is 36.3 Å². The number of amides is 1. The van der Waals surface area contributed by atoms with Crippen LogP contribution in [-0.4, -0.2) is 34.2 Å². The molecule has 0 aliphatic carbocycles. The number of aromatic nitrogens is 2. The highest BCUT2D eigenvalue weighted by molar-refractivity contribution is 5.92. The van der Waals surface area contributed by atoms with Crippen molar-refractivity contribution in [2.45, 2.75) is 18.9 Å². The van der Waals surface area contributed by atoms with Gasteiger partial charge in [0.15, 0.2) is 0 Å². The van der Waals surface area contributed by atoms with Crippen LogP contribution in [0.3, 0.4) is 0 Å². The highest BCUT2D eigenvalue weighted by Gasteiger charge is 2.28. The third-order valence-corrected chi connectivity index (χ3v) is 4.18. The molecule has 1 amide bonds. The first-order valence-corrected chi connectivity index (χ1v) is 7.78. The Hall–Kier alpha value is -2.56. The Kier molecular flexibility index (Phi) is 4.46. The van der Waals surface area contributed by atoms with E-state index in [1.54, 1.807) is 24.1 Å². The smallest absolute Gasteiger partial charge is 0.247 e. The average Bonchev–Trinajstić information content (AvgIpc) is 3.21. The summed E-state index contributed by atoms with van der Waals surface area (Å²) in [4.78, 5) is 14.5. The van der Waals surface area contributed by atoms with Crippen LogP contribution in [-0.2, 0) is 11.8 Å². The molecule has 2 heterocycles. The summed E-state index contributed by atoms with van der Waals surface area (Å²) < 4.78 is 6.92. The summed E-state index contributed by atoms with van der Waals surface area (Å²) >= 11 is 0. The van der Waals surface area contributed by atoms with Gasteiger partial charge in [0.25, 0.3) is 0 Å². The number of likely N-dealkylation sites (tertiary alicyclic amines) is 1. The molecule has 120 valence electrons. The van der Waals surface area contributed by atoms with E-state index < -0.39 is 0 Å². The lowest BCUT2D eigenvalue weighted by Crippen LogP contribution is -2.28. The number of methoxy groups -OCH3 is 1. The largest absolute Gasteiger partial charge is 0.497 e. The molecule has 0 bridgehead atoms. The summed E-state index contributed by atoms with van der Waals surface area (Å²) in [7, 11) is 3.52. The molecule has 1 atom stereocenters. The lowest BCUT2D eigenvalue weighted by Gasteiger charge is -2.24. The summed E-state index contributed by atoms with van der Waals surface area (Å²) in [6.45, 7) is 0.799. The number of carbonyl (C=O) groups excluding carboxylic acids is 1. The van der Waals surface area contributed by atoms with Crippen LogP contribution in [0.25, 0.3) is 6.08 Å². The Morgan fingerprint density at radius 2 is 2.13 bits per heavy atom. The number of aryl methyl sites for hydroxylation is 1. The predicted octanol–water partition coefficient (Wildman–Crippen LogP) is 2.81. The summed E-state index contributed by atoms with van der Waals surface area (Å²) in [5.41, 5.74) is 2.09. The van der Waals surface area contributed by atoms with E-state index in [2.05, 4.69) is 5.10 Å². The number of nitrogens with zero attached hydrogens (tertiary/aromatic N) is 3. The lowest BCUT2D eigenvalue weighted by molar-refractivity contribution is -0.126. The van der Waals surface area contributed by atoms with E-state index >= 15 is 0 Å². The summed E-state index contributed by atoms with van der Waals surface area (Å²) in [5.74, 6) is 0.883. The number of hydrogen-bond donors (Lipinski definition) is 0. The van der Waals surface area contributed by atoms with Gasteiger partial charge in [-0.1, -0.05) is 12.1 Å². The molecule has 1 fully saturated rings. The Morgan fingerprint density at radius 1 is 1.35 bits per heavy atom. The van der Waals surface area contributed by atoms with Crippen LogP contribution in [0.4, 0.5) is 0 Å². The zero-order valence-corrected chi connectivity index (χ0v) is 13.5. The maximum Gasteiger partial charge on any atom is 0.247 e. The second kappa shape index (κ2) is 6.69. The number of hydrogen-bond acceptors (Lipinski definition) is 3. The van der Waals surface area contributed by atoms with Gasteiger partial charge in [-0.25, -0.2) is 0 Å². The minimum absolute atomic E-state index is 0.0483. The van der Waals surface area contributed by atoms with E-state index in [1.807, 2.05) is 48.5 Å². The molecular weight excluding hydrogens is 290 g/mol. The van der Waals surface area contributed by atoms with E-state index in [1.165, 1.54) is 0 Å². The topological polar surface area (TPSA) is 47.4 Å². The molecule has 0 spiro atoms. The molecule has 0 N–H and O–H groups in total. The molecule has 0 radical (unpaired) electrons. The molecular formula is C18H21N3O2. The van der Waals surface area contributed by atoms with Crippen molar-refractivity contribution in [3.05, 3.63) is 53.9 Å². The quantitative estimate of drug-likeness (QED) is 0.816. The Labute approximate surface area is 136 Å². The van der Waals surface area contributed by atoms with Gasteiger partial charge in [-0.2, -0.15) is 5.10 Å². The molecule has 5 nitrogen and oxygen atoms in total. The predicted molar refractivity (Wildman–Crippen MR) is 88.9 cm³/mol. The SMILES string of the molecule is COc1ccc([C@@H]2CCCN2C(=O)/C=C/c2cnn(C)c2)cc1. The normalized spacial score (nSPS) is 17.8. The van der Waals surface area contributed by atoms with Crippen LogP contribution >= 0.6 is 0 Å². The molecule has 0 unspecified atom stereocenters. The molecule has 2 aromatic rings. The molecule has 3 rings (SSSR count). The van der Waals surface area contributed by atoms with Gasteiger partial charge >= 0.3 is 0 Å². The Morgan fingerprint density at radius 3 is 2.78 bits per heavy atom. The molecule has 1 saturated heterocycles. The summed E-state index contributed by atoms with van der Waals surface area (Å²) in [6.07, 6.45) is 9.11. The van der Waals surface area contributed by atoms with Gasteiger partial charge in [0.05, 0.1) is 19.3 Å². The van der Waals surface area contributed by atoms with Gasteiger partial charge in [-0.05, 0) is 36.6 Å². The van der Waals surface area contributed by atoms with Gasteiger partial charge in [-0.15, -0.1) is 0 Å². The van der Waals surface area contributed by atoms with Crippen molar-refractivity contribution in [3.8, 4) is 5.75 Å². The van der Waals surface area contributed by atoms with Crippen molar-refractivity contribution in [1.82, 2.24) is 14.7 Å². The molecule has 23 heavy (non-hydrogen) atoms. The van der Waals surface area contributed by atoms with E-state index in [-0.39, 0.29) is 11.9 Å². The molecule has 1 aliphatic rings. The van der Waals surface area contributed by atoms with E-state index in [4.69, 9.17) is 4.74 Å². The minimum atomic E-state index is 0.0483. The van der Waals surface area contributed by atoms with Gasteiger partial charge in [-0.3, -0.25) is 9.48 Å². The number of rotatable bonds is 4. The maximum atomic E-state index is 12.5. The molecule has 1 aliphatic heterocycles. The monoisotopic (exact) mass is 311 g/mol. The molecule has 1 aromatic heterocycles. The lowest BCUT2D eigenvalue weighted by atomic mass is 10.0. The van der Waals surface area contributed by atoms with Crippen molar-refractivity contribution < 1.29 is 9.53 Å². The molecule has 1 aromatic carbocycles. The van der Waals surface area contributed by atoms with Crippen molar-refractivity contribution in [2.75, 3.05) is 13.7 Å². The van der Waals surface area contributed by atoms with Crippen LogP contribution in [0, 0.1) is 0 Å². The van der Waals surface area contributed by atoms with Gasteiger partial charge < -0.3 is 9.64 Å². The van der Waals surface area contributed by atoms with Crippen LogP contribution in [0.15, 0.2) is 42.7 Å². The van der Waals surface area contributed by atoms with Crippen molar-refractivity contribution >= 4 is 12.0 Å². The number of carbonyl (C=O) groups is 1. The third kappa shape index (κ3) is 3.44. The first kappa shape index (κ1) is 15.3. The number of ether oxygens (including phenoxy) is 1. The average molecular weight is 311 g/mol. The Bertz CT molecular complexity index is 703. The van der Waals surface area contributed by atoms with Gasteiger partial charge in [0.1, 0.15) is 5.75 Å². The minimum Gasteiger partial charge on any atom is -0.497 e. The zero-order valence-electron chi connectivity index (χ0n) is 13.5. The maximum absolute atomic E-state index is 12.5. The molecule has 0 saturated carbocycles. The fourth-order valence-corrected chi connectivity index (χ4v) is 2.99. The first-order chi connectivity index (χ1) is 11.2. The summed E-state index contributed by atoms with van der Waals surface area (Å²) in [6, 6.07) is 8.12. The first-order valence-electron chi connectivity index (χ1n) is 7.78. The van der Waals surface area contributed by atoms with Crippen LogP contribution < -0.4 is 4.74 Å². The highest BCUT2D eigenvalue weighted by Crippen LogP contribution is 2.32. The second-order valence-electron chi connectivity index (χ2n) is 5.74. The van der Waals surface area contributed by atoms with Crippen LogP contribution in [0.2, 0.25) is 0 Å². The van der Waals surface area contributed by atoms with Gasteiger partial charge in [0.2, 0.25) is 5.91 Å². The van der Waals surface area contributed by atoms with Crippen molar-refractivity contribution in [1.29, 1.82) is 0 Å². The van der Waals surface area contributed by atoms with Crippen LogP contribution in [0.5, 0.6) is 5.75 Å².